The highest BCUT2D eigenvalue weighted by Crippen LogP contribution is 1.97. The van der Waals surface area contributed by atoms with Crippen LogP contribution in [0.2, 0.25) is 0 Å². The van der Waals surface area contributed by atoms with Crippen LogP contribution in [0.25, 0.3) is 0 Å². The van der Waals surface area contributed by atoms with Gasteiger partial charge in [0.15, 0.2) is 7.85 Å². The molecule has 0 atom stereocenters. The van der Waals surface area contributed by atoms with Crippen molar-refractivity contribution < 1.29 is 9.53 Å². The lowest BCUT2D eigenvalue weighted by atomic mass is 10.0. The molecule has 1 aromatic heterocycles. The van der Waals surface area contributed by atoms with Gasteiger partial charge in [0.2, 0.25) is 0 Å². The van der Waals surface area contributed by atoms with Crippen molar-refractivity contribution in [2.24, 2.45) is 0 Å². The molecule has 0 bridgehead atoms. The van der Waals surface area contributed by atoms with Crippen LogP contribution in [-0.4, -0.2) is 25.9 Å². The summed E-state index contributed by atoms with van der Waals surface area (Å²) in [4.78, 5) is 14.8. The molecule has 0 radical (unpaired) electrons. The maximum Gasteiger partial charge on any atom is 0.311 e. The summed E-state index contributed by atoms with van der Waals surface area (Å²) < 4.78 is 5.58. The average Bonchev–Trinajstić information content (AvgIpc) is 2.37. The van der Waals surface area contributed by atoms with E-state index in [0.29, 0.717) is 0 Å². The zero-order chi connectivity index (χ0) is 8.27. The van der Waals surface area contributed by atoms with Gasteiger partial charge in [0.25, 0.3) is 0 Å². The predicted octanol–water partition coefficient (Wildman–Crippen LogP) is -0.883. The molecule has 0 amide bonds. The fourth-order valence-electron chi connectivity index (χ4n) is 0.707. The van der Waals surface area contributed by atoms with Gasteiger partial charge >= 0.3 is 5.97 Å². The van der Waals surface area contributed by atoms with Gasteiger partial charge in [-0.2, -0.15) is 0 Å². The Morgan fingerprint density at radius 3 is 3.09 bits per heavy atom. The molecule has 58 valence electrons. The van der Waals surface area contributed by atoms with Gasteiger partial charge in [0, 0.05) is 0 Å². The maximum atomic E-state index is 10.8. The van der Waals surface area contributed by atoms with Crippen molar-refractivity contribution in [3.05, 3.63) is 11.2 Å². The number of hydrogen-bond acceptors (Lipinski definition) is 4. The number of ether oxygens (including phenoxy) is 1. The van der Waals surface area contributed by atoms with E-state index < -0.39 is 0 Å². The second-order valence-corrected chi connectivity index (χ2v) is 3.17. The van der Waals surface area contributed by atoms with E-state index in [1.54, 1.807) is 5.51 Å². The predicted molar refractivity (Wildman–Crippen MR) is 46.0 cm³/mol. The Balaban J connectivity index is 2.64. The maximum absolute atomic E-state index is 10.8. The Hall–Kier alpha value is -0.835. The highest BCUT2D eigenvalue weighted by molar-refractivity contribution is 7.18. The van der Waals surface area contributed by atoms with Crippen LogP contribution in [0.5, 0.6) is 0 Å². The molecular weight excluding hydrogens is 161 g/mol. The van der Waals surface area contributed by atoms with Crippen LogP contribution in [0.4, 0.5) is 0 Å². The molecule has 0 N–H and O–H groups in total. The van der Waals surface area contributed by atoms with E-state index >= 15 is 0 Å². The van der Waals surface area contributed by atoms with Crippen molar-refractivity contribution in [3.8, 4) is 0 Å². The molecule has 0 unspecified atom stereocenters. The summed E-state index contributed by atoms with van der Waals surface area (Å²) in [7, 11) is 3.32. The number of carbonyl (C=O) groups excluding carboxylic acids is 1. The Bertz CT molecular complexity index is 261. The summed E-state index contributed by atoms with van der Waals surface area (Å²) in [5.74, 6) is -0.237. The zero-order valence-electron chi connectivity index (χ0n) is 6.46. The molecule has 0 spiro atoms. The lowest BCUT2D eigenvalue weighted by Crippen LogP contribution is -2.12. The number of hydrogen-bond donors (Lipinski definition) is 0. The van der Waals surface area contributed by atoms with E-state index in [1.807, 2.05) is 7.85 Å². The first-order valence-electron chi connectivity index (χ1n) is 3.20. The second-order valence-electron chi connectivity index (χ2n) is 2.11. The molecule has 1 aromatic rings. The molecule has 0 aliphatic heterocycles. The summed E-state index contributed by atoms with van der Waals surface area (Å²) >= 11 is 1.54. The first-order chi connectivity index (χ1) is 5.24. The van der Waals surface area contributed by atoms with Crippen LogP contribution in [0.3, 0.4) is 0 Å². The molecule has 5 heteroatoms. The quantitative estimate of drug-likeness (QED) is 0.426. The van der Waals surface area contributed by atoms with Gasteiger partial charge in [-0.15, -0.1) is 11.3 Å². The highest BCUT2D eigenvalue weighted by Gasteiger charge is 2.06. The molecule has 1 rings (SSSR count). The molecule has 3 nitrogen and oxygen atoms in total. The Labute approximate surface area is 69.8 Å². The van der Waals surface area contributed by atoms with Crippen LogP contribution < -0.4 is 4.78 Å². The Kier molecular flexibility index (Phi) is 2.65. The van der Waals surface area contributed by atoms with Crippen molar-refractivity contribution in [1.82, 2.24) is 4.98 Å². The summed E-state index contributed by atoms with van der Waals surface area (Å²) in [6.45, 7) is 0. The summed E-state index contributed by atoms with van der Waals surface area (Å²) in [6.07, 6.45) is 0.284. The molecule has 1 heterocycles. The summed E-state index contributed by atoms with van der Waals surface area (Å²) in [5, 5.41) is 0. The van der Waals surface area contributed by atoms with Crippen LogP contribution in [0, 0.1) is 0 Å². The monoisotopic (exact) mass is 169 g/mol. The smallest absolute Gasteiger partial charge is 0.311 e. The third-order valence-electron chi connectivity index (χ3n) is 1.38. The number of rotatable bonds is 2. The minimum absolute atomic E-state index is 0.237. The minimum atomic E-state index is -0.237. The fraction of sp³-hybridized carbons (Fsp3) is 0.333. The molecule has 0 saturated heterocycles. The molecule has 0 aliphatic rings. The van der Waals surface area contributed by atoms with Gasteiger partial charge < -0.3 is 4.74 Å². The zero-order valence-corrected chi connectivity index (χ0v) is 7.27. The normalized spacial score (nSPS) is 9.55. The molecule has 0 aromatic carbocycles. The number of aromatic nitrogens is 1. The van der Waals surface area contributed by atoms with Gasteiger partial charge in [-0.25, -0.2) is 4.98 Å². The van der Waals surface area contributed by atoms with E-state index in [4.69, 9.17) is 0 Å². The second kappa shape index (κ2) is 3.53. The first kappa shape index (κ1) is 8.26. The lowest BCUT2D eigenvalue weighted by Gasteiger charge is -1.95. The average molecular weight is 169 g/mol. The van der Waals surface area contributed by atoms with Crippen LogP contribution in [0.1, 0.15) is 5.69 Å². The van der Waals surface area contributed by atoms with Gasteiger partial charge in [-0.1, -0.05) is 0 Å². The molecule has 0 fully saturated rings. The van der Waals surface area contributed by atoms with E-state index in [2.05, 4.69) is 9.72 Å². The lowest BCUT2D eigenvalue weighted by molar-refractivity contribution is -0.139. The standard InChI is InChI=1S/C6H8BNO2S/c1-10-5(9)2-4-6(7)11-3-8-4/h3H,2,7H2,1H3. The van der Waals surface area contributed by atoms with Crippen molar-refractivity contribution in [1.29, 1.82) is 0 Å². The summed E-state index contributed by atoms with van der Waals surface area (Å²) in [6, 6.07) is 0. The van der Waals surface area contributed by atoms with E-state index in [9.17, 15) is 4.79 Å². The third-order valence-corrected chi connectivity index (χ3v) is 2.18. The van der Waals surface area contributed by atoms with E-state index in [0.717, 1.165) is 10.5 Å². The molecule has 11 heavy (non-hydrogen) atoms. The summed E-state index contributed by atoms with van der Waals surface area (Å²) in [5.41, 5.74) is 2.55. The fourth-order valence-corrected chi connectivity index (χ4v) is 1.31. The minimum Gasteiger partial charge on any atom is -0.469 e. The van der Waals surface area contributed by atoms with Gasteiger partial charge in [0.1, 0.15) is 0 Å². The van der Waals surface area contributed by atoms with Crippen molar-refractivity contribution >= 4 is 29.9 Å². The number of methoxy groups -OCH3 is 1. The van der Waals surface area contributed by atoms with Crippen molar-refractivity contribution in [2.75, 3.05) is 7.11 Å². The van der Waals surface area contributed by atoms with E-state index in [-0.39, 0.29) is 12.4 Å². The SMILES string of the molecule is Bc1scnc1CC(=O)OC. The van der Waals surface area contributed by atoms with Gasteiger partial charge in [0.05, 0.1) is 24.7 Å². The van der Waals surface area contributed by atoms with E-state index in [1.165, 1.54) is 18.4 Å². The topological polar surface area (TPSA) is 39.2 Å². The molecule has 0 saturated carbocycles. The third kappa shape index (κ3) is 2.05. The number of carbonyl (C=O) groups is 1. The Morgan fingerprint density at radius 1 is 1.91 bits per heavy atom. The number of nitrogens with zero attached hydrogens (tertiary/aromatic N) is 1. The van der Waals surface area contributed by atoms with Crippen molar-refractivity contribution in [2.45, 2.75) is 6.42 Å². The molecule has 0 aliphatic carbocycles. The van der Waals surface area contributed by atoms with Crippen LogP contribution in [-0.2, 0) is 16.0 Å². The van der Waals surface area contributed by atoms with Crippen molar-refractivity contribution in [3.63, 3.8) is 0 Å². The molecular formula is C6H8BNO2S. The van der Waals surface area contributed by atoms with Gasteiger partial charge in [-0.05, 0) is 4.78 Å². The van der Waals surface area contributed by atoms with Crippen LogP contribution >= 0.6 is 11.3 Å². The first-order valence-corrected chi connectivity index (χ1v) is 4.07. The van der Waals surface area contributed by atoms with Crippen LogP contribution in [0.15, 0.2) is 5.51 Å². The Morgan fingerprint density at radius 2 is 2.64 bits per heavy atom. The largest absolute Gasteiger partial charge is 0.469 e. The highest BCUT2D eigenvalue weighted by atomic mass is 32.1. The van der Waals surface area contributed by atoms with Gasteiger partial charge in [-0.3, -0.25) is 4.79 Å². The number of thiazole rings is 1. The number of esters is 1.